The lowest BCUT2D eigenvalue weighted by molar-refractivity contribution is 0.660. The molecule has 57 heavy (non-hydrogen) atoms. The molecular formula is C55H44N2. The molecule has 3 aliphatic carbocycles. The smallest absolute Gasteiger partial charge is 0.0630 e. The molecule has 1 heterocycles. The van der Waals surface area contributed by atoms with Gasteiger partial charge in [-0.25, -0.2) is 0 Å². The number of hydrogen-bond donors (Lipinski definition) is 0. The van der Waals surface area contributed by atoms with E-state index < -0.39 is 0 Å². The second-order valence-corrected chi connectivity index (χ2v) is 16.4. The third kappa shape index (κ3) is 5.39. The van der Waals surface area contributed by atoms with Gasteiger partial charge < -0.3 is 9.80 Å². The van der Waals surface area contributed by atoms with Crippen molar-refractivity contribution in [1.82, 2.24) is 0 Å². The molecule has 0 N–H and O–H groups in total. The van der Waals surface area contributed by atoms with Crippen LogP contribution in [-0.2, 0) is 5.41 Å². The first-order valence-electron chi connectivity index (χ1n) is 20.4. The molecule has 2 nitrogen and oxygen atoms in total. The van der Waals surface area contributed by atoms with E-state index in [1.165, 1.54) is 83.7 Å². The van der Waals surface area contributed by atoms with E-state index >= 15 is 0 Å². The summed E-state index contributed by atoms with van der Waals surface area (Å²) < 4.78 is 0. The van der Waals surface area contributed by atoms with Crippen molar-refractivity contribution in [2.75, 3.05) is 9.80 Å². The number of nitrogens with zero attached hydrogens (tertiary/aromatic N) is 2. The molecule has 0 amide bonds. The Morgan fingerprint density at radius 3 is 2.23 bits per heavy atom. The van der Waals surface area contributed by atoms with Crippen LogP contribution in [0.3, 0.4) is 0 Å². The highest BCUT2D eigenvalue weighted by Crippen LogP contribution is 2.53. The van der Waals surface area contributed by atoms with E-state index in [1.807, 2.05) is 0 Å². The Kier molecular flexibility index (Phi) is 7.83. The Balaban J connectivity index is 1.06. The van der Waals surface area contributed by atoms with Crippen LogP contribution in [0.15, 0.2) is 200 Å². The fraction of sp³-hybridized carbons (Fsp3) is 0.127. The quantitative estimate of drug-likeness (QED) is 0.168. The number of allylic oxidation sites excluding steroid dienone is 6. The van der Waals surface area contributed by atoms with Crippen molar-refractivity contribution in [3.63, 3.8) is 0 Å². The molecule has 4 aliphatic rings. The van der Waals surface area contributed by atoms with Gasteiger partial charge in [0.05, 0.1) is 11.7 Å². The Labute approximate surface area is 336 Å². The first-order chi connectivity index (χ1) is 28.0. The summed E-state index contributed by atoms with van der Waals surface area (Å²) in [6.45, 7) is 4.74. The lowest BCUT2D eigenvalue weighted by Crippen LogP contribution is -2.28. The number of para-hydroxylation sites is 2. The molecule has 11 rings (SSSR count). The Morgan fingerprint density at radius 1 is 0.596 bits per heavy atom. The van der Waals surface area contributed by atoms with Crippen LogP contribution in [0.1, 0.15) is 59.9 Å². The normalized spacial score (nSPS) is 19.5. The van der Waals surface area contributed by atoms with Gasteiger partial charge in [-0.05, 0) is 105 Å². The highest BCUT2D eigenvalue weighted by atomic mass is 15.2. The summed E-state index contributed by atoms with van der Waals surface area (Å²) in [7, 11) is 0. The summed E-state index contributed by atoms with van der Waals surface area (Å²) in [6.07, 6.45) is 17.3. The first kappa shape index (κ1) is 33.7. The molecule has 0 bridgehead atoms. The first-order valence-corrected chi connectivity index (χ1v) is 20.4. The van der Waals surface area contributed by atoms with Crippen LogP contribution >= 0.6 is 0 Å². The Morgan fingerprint density at radius 2 is 1.35 bits per heavy atom. The average Bonchev–Trinajstić information content (AvgIpc) is 3.72. The zero-order valence-corrected chi connectivity index (χ0v) is 32.4. The van der Waals surface area contributed by atoms with Gasteiger partial charge >= 0.3 is 0 Å². The molecule has 3 unspecified atom stereocenters. The number of hydrogen-bond acceptors (Lipinski definition) is 2. The third-order valence-corrected chi connectivity index (χ3v) is 12.9. The van der Waals surface area contributed by atoms with Crippen LogP contribution in [0.4, 0.5) is 28.4 Å². The third-order valence-electron chi connectivity index (χ3n) is 12.9. The van der Waals surface area contributed by atoms with E-state index in [2.05, 4.69) is 224 Å². The molecule has 7 aromatic carbocycles. The van der Waals surface area contributed by atoms with Gasteiger partial charge in [-0.2, -0.15) is 0 Å². The lowest BCUT2D eigenvalue weighted by atomic mass is 9.82. The number of rotatable bonds is 6. The Bertz CT molecular complexity index is 2830. The number of anilines is 5. The standard InChI is InChI=1S/C55H44N2/c1-55(2)50-26-13-11-23-45(50)46-30-29-42(36-51(46)55)56(41-21-15-18-38(34-41)37-16-5-3-6-17-37)53-33-31-43(44-22-9-10-24-47(44)53)39-28-32-54-49(35-39)48-25-12-14-27-52(48)57(54)40-19-7-4-8-20-40/h3-16,18-37,49,54H,17H2,1-2H3. The van der Waals surface area contributed by atoms with Gasteiger partial charge in [0.15, 0.2) is 0 Å². The molecule has 274 valence electrons. The zero-order valence-electron chi connectivity index (χ0n) is 32.4. The van der Waals surface area contributed by atoms with E-state index in [4.69, 9.17) is 0 Å². The number of benzene rings is 7. The highest BCUT2D eigenvalue weighted by molar-refractivity contribution is 6.06. The maximum absolute atomic E-state index is 2.52. The van der Waals surface area contributed by atoms with Crippen molar-refractivity contribution < 1.29 is 0 Å². The van der Waals surface area contributed by atoms with Crippen LogP contribution in [0.5, 0.6) is 0 Å². The summed E-state index contributed by atoms with van der Waals surface area (Å²) in [5.41, 5.74) is 16.6. The van der Waals surface area contributed by atoms with Gasteiger partial charge in [0.2, 0.25) is 0 Å². The minimum absolute atomic E-state index is 0.104. The van der Waals surface area contributed by atoms with E-state index in [9.17, 15) is 0 Å². The number of fused-ring (bicyclic) bond motifs is 7. The molecule has 0 saturated carbocycles. The van der Waals surface area contributed by atoms with E-state index in [1.54, 1.807) is 0 Å². The summed E-state index contributed by atoms with van der Waals surface area (Å²) in [4.78, 5) is 5.01. The van der Waals surface area contributed by atoms with Crippen molar-refractivity contribution in [2.45, 2.75) is 43.6 Å². The summed E-state index contributed by atoms with van der Waals surface area (Å²) >= 11 is 0. The highest BCUT2D eigenvalue weighted by Gasteiger charge is 2.39. The van der Waals surface area contributed by atoms with Crippen LogP contribution in [0, 0.1) is 0 Å². The topological polar surface area (TPSA) is 6.48 Å². The fourth-order valence-electron chi connectivity index (χ4n) is 10.1. The lowest BCUT2D eigenvalue weighted by Gasteiger charge is -2.31. The molecule has 0 saturated heterocycles. The van der Waals surface area contributed by atoms with Crippen molar-refractivity contribution in [2.24, 2.45) is 0 Å². The van der Waals surface area contributed by atoms with Crippen molar-refractivity contribution >= 4 is 44.8 Å². The molecular weight excluding hydrogens is 689 g/mol. The van der Waals surface area contributed by atoms with E-state index in [0.29, 0.717) is 5.92 Å². The van der Waals surface area contributed by atoms with Crippen LogP contribution < -0.4 is 9.80 Å². The predicted octanol–water partition coefficient (Wildman–Crippen LogP) is 14.5. The average molecular weight is 733 g/mol. The van der Waals surface area contributed by atoms with Crippen molar-refractivity contribution in [1.29, 1.82) is 0 Å². The fourth-order valence-corrected chi connectivity index (χ4v) is 10.1. The minimum atomic E-state index is -0.104. The summed E-state index contributed by atoms with van der Waals surface area (Å²) in [5, 5.41) is 2.49. The van der Waals surface area contributed by atoms with E-state index in [-0.39, 0.29) is 17.4 Å². The molecule has 0 aromatic heterocycles. The monoisotopic (exact) mass is 732 g/mol. The predicted molar refractivity (Wildman–Crippen MR) is 241 cm³/mol. The summed E-state index contributed by atoms with van der Waals surface area (Å²) in [5.74, 6) is 0.610. The van der Waals surface area contributed by atoms with Crippen LogP contribution in [-0.4, -0.2) is 6.04 Å². The maximum atomic E-state index is 2.52. The molecule has 0 radical (unpaired) electrons. The molecule has 0 fully saturated rings. The summed E-state index contributed by atoms with van der Waals surface area (Å²) in [6, 6.07) is 59.0. The SMILES string of the molecule is CC1(C)c2ccccc2-c2ccc(N(c3cccc(C4C=CC=CC4)c3)c3ccc(C4=CC5c6ccccc6N(c6ccccc6)C5C=C4)c4ccccc34)cc21. The molecule has 1 aliphatic heterocycles. The Hall–Kier alpha value is -6.64. The van der Waals surface area contributed by atoms with Gasteiger partial charge in [0.1, 0.15) is 0 Å². The van der Waals surface area contributed by atoms with Crippen LogP contribution in [0.25, 0.3) is 27.5 Å². The van der Waals surface area contributed by atoms with Gasteiger partial charge in [-0.3, -0.25) is 0 Å². The van der Waals surface area contributed by atoms with Gasteiger partial charge in [-0.15, -0.1) is 0 Å². The van der Waals surface area contributed by atoms with Crippen molar-refractivity contribution in [3.8, 4) is 11.1 Å². The van der Waals surface area contributed by atoms with Crippen LogP contribution in [0.2, 0.25) is 0 Å². The molecule has 3 atom stereocenters. The molecule has 0 spiro atoms. The van der Waals surface area contributed by atoms with Gasteiger partial charge in [0, 0.05) is 45.4 Å². The molecule has 7 aromatic rings. The van der Waals surface area contributed by atoms with Gasteiger partial charge in [0.25, 0.3) is 0 Å². The maximum Gasteiger partial charge on any atom is 0.0630 e. The molecule has 2 heteroatoms. The van der Waals surface area contributed by atoms with Crippen molar-refractivity contribution in [3.05, 3.63) is 228 Å². The second kappa shape index (κ2) is 13.2. The minimum Gasteiger partial charge on any atom is -0.333 e. The van der Waals surface area contributed by atoms with E-state index in [0.717, 1.165) is 6.42 Å². The second-order valence-electron chi connectivity index (χ2n) is 16.4. The van der Waals surface area contributed by atoms with Gasteiger partial charge in [-0.1, -0.05) is 166 Å². The largest absolute Gasteiger partial charge is 0.333 e. The zero-order chi connectivity index (χ0) is 38.1.